The first kappa shape index (κ1) is 47.7. The fraction of sp³-hybridized carbons (Fsp3) is 0. The summed E-state index contributed by atoms with van der Waals surface area (Å²) in [6.07, 6.45) is 0. The van der Waals surface area contributed by atoms with Crippen LogP contribution in [-0.2, 0) is 0 Å². The third kappa shape index (κ3) is 7.65. The number of benzene rings is 15. The summed E-state index contributed by atoms with van der Waals surface area (Å²) in [6.45, 7) is 0. The highest BCUT2D eigenvalue weighted by Gasteiger charge is 2.21. The molecule has 0 aliphatic heterocycles. The average Bonchev–Trinajstić information content (AvgIpc) is 3.74. The Morgan fingerprint density at radius 2 is 0.452 bits per heavy atom. The Labute approximate surface area is 486 Å². The van der Waals surface area contributed by atoms with Gasteiger partial charge in [-0.15, -0.1) is 0 Å². The van der Waals surface area contributed by atoms with Crippen LogP contribution in [0.1, 0.15) is 0 Å². The summed E-state index contributed by atoms with van der Waals surface area (Å²) >= 11 is 0. The quantitative estimate of drug-likeness (QED) is 0.134. The molecular formula is C82H52N2. The molecule has 0 aliphatic carbocycles. The number of hydrogen-bond donors (Lipinski definition) is 0. The standard InChI is InChI=1S/C82H52N2/c1-3-19-65-55(15-1)17-13-25-67(65)57-31-35-59(36-32-57)81-73-49-43-62(54-41-47-64(48-42-54)84-79-29-11-7-23-71(79)72-24-8-12-30-80(72)84)52-76(73)82(60-37-33-58(34-38-60)68-26-14-18-56-16-2-4-20-66(56)68)74-50-44-61(51-75(74)81)53-39-45-63(46-40-53)83-77-27-9-5-21-69(77)70-22-6-10-28-78(70)83/h1-52H. The summed E-state index contributed by atoms with van der Waals surface area (Å²) < 4.78 is 4.79. The maximum atomic E-state index is 2.45. The van der Waals surface area contributed by atoms with Crippen LogP contribution in [0.25, 0.3) is 165 Å². The number of rotatable bonds is 8. The van der Waals surface area contributed by atoms with Gasteiger partial charge in [0, 0.05) is 32.9 Å². The lowest BCUT2D eigenvalue weighted by Gasteiger charge is -2.20. The summed E-state index contributed by atoms with van der Waals surface area (Å²) in [5.74, 6) is 0. The van der Waals surface area contributed by atoms with Crippen molar-refractivity contribution >= 4 is 86.7 Å². The smallest absolute Gasteiger partial charge is 0.0541 e. The number of nitrogens with zero attached hydrogens (tertiary/aromatic N) is 2. The highest BCUT2D eigenvalue weighted by molar-refractivity contribution is 6.23. The number of hydrogen-bond acceptors (Lipinski definition) is 0. The second-order valence-corrected chi connectivity index (χ2v) is 22.3. The maximum Gasteiger partial charge on any atom is 0.0541 e. The zero-order valence-electron chi connectivity index (χ0n) is 45.9. The minimum absolute atomic E-state index is 1.14. The minimum atomic E-state index is 1.14. The van der Waals surface area contributed by atoms with Crippen molar-refractivity contribution in [2.45, 2.75) is 0 Å². The van der Waals surface area contributed by atoms with E-state index in [4.69, 9.17) is 0 Å². The van der Waals surface area contributed by atoms with E-state index in [1.807, 2.05) is 0 Å². The van der Waals surface area contributed by atoms with Gasteiger partial charge in [0.05, 0.1) is 22.1 Å². The summed E-state index contributed by atoms with van der Waals surface area (Å²) in [5, 5.41) is 14.9. The summed E-state index contributed by atoms with van der Waals surface area (Å²) in [5.41, 5.74) is 21.4. The van der Waals surface area contributed by atoms with Crippen molar-refractivity contribution in [3.8, 4) is 78.1 Å². The Morgan fingerprint density at radius 3 is 0.821 bits per heavy atom. The first-order valence-electron chi connectivity index (χ1n) is 29.1. The average molecular weight is 1070 g/mol. The largest absolute Gasteiger partial charge is 0.309 e. The maximum absolute atomic E-state index is 2.45. The topological polar surface area (TPSA) is 9.86 Å². The molecule has 0 saturated heterocycles. The Morgan fingerprint density at radius 1 is 0.167 bits per heavy atom. The molecule has 84 heavy (non-hydrogen) atoms. The lowest BCUT2D eigenvalue weighted by atomic mass is 9.83. The second kappa shape index (κ2) is 19.3. The molecule has 0 spiro atoms. The van der Waals surface area contributed by atoms with Crippen LogP contribution < -0.4 is 0 Å². The van der Waals surface area contributed by atoms with E-state index in [-0.39, 0.29) is 0 Å². The van der Waals surface area contributed by atoms with Crippen molar-refractivity contribution in [3.05, 3.63) is 315 Å². The normalized spacial score (nSPS) is 11.8. The van der Waals surface area contributed by atoms with E-state index in [0.717, 1.165) is 11.4 Å². The van der Waals surface area contributed by atoms with Crippen LogP contribution in [0.15, 0.2) is 315 Å². The van der Waals surface area contributed by atoms with E-state index in [2.05, 4.69) is 325 Å². The molecule has 2 nitrogen and oxygen atoms in total. The van der Waals surface area contributed by atoms with E-state index in [0.29, 0.717) is 0 Å². The SMILES string of the molecule is c1ccc2c(-c3ccc(-c4c5ccc(-c6ccc(-n7c8ccccc8c8ccccc87)cc6)cc5c(-c5ccc(-c6cccc7ccccc67)cc5)c5ccc(-c6ccc(-n7c8ccccc8c8ccccc87)cc6)cc45)cc3)cccc2c1. The molecule has 2 heteroatoms. The highest BCUT2D eigenvalue weighted by Crippen LogP contribution is 2.48. The number of aromatic nitrogens is 2. The minimum Gasteiger partial charge on any atom is -0.309 e. The molecule has 0 atom stereocenters. The molecule has 0 amide bonds. The van der Waals surface area contributed by atoms with Crippen molar-refractivity contribution in [2.24, 2.45) is 0 Å². The van der Waals surface area contributed by atoms with E-state index >= 15 is 0 Å². The van der Waals surface area contributed by atoms with Crippen molar-refractivity contribution < 1.29 is 0 Å². The Bertz CT molecular complexity index is 4990. The van der Waals surface area contributed by atoms with Crippen LogP contribution in [0.2, 0.25) is 0 Å². The lowest BCUT2D eigenvalue weighted by molar-refractivity contribution is 1.18. The number of para-hydroxylation sites is 4. The van der Waals surface area contributed by atoms with Crippen molar-refractivity contribution in [2.75, 3.05) is 0 Å². The van der Waals surface area contributed by atoms with Gasteiger partial charge in [-0.3, -0.25) is 0 Å². The first-order chi connectivity index (χ1) is 41.7. The van der Waals surface area contributed by atoms with Crippen LogP contribution in [0.5, 0.6) is 0 Å². The van der Waals surface area contributed by atoms with Crippen LogP contribution >= 0.6 is 0 Å². The highest BCUT2D eigenvalue weighted by atomic mass is 15.0. The molecule has 0 radical (unpaired) electrons. The molecule has 2 heterocycles. The van der Waals surface area contributed by atoms with Gasteiger partial charge in [-0.05, 0) is 171 Å². The number of fused-ring (bicyclic) bond motifs is 10. The third-order valence-corrected chi connectivity index (χ3v) is 17.7. The molecular weight excluding hydrogens is 1010 g/mol. The monoisotopic (exact) mass is 1060 g/mol. The van der Waals surface area contributed by atoms with E-state index < -0.39 is 0 Å². The van der Waals surface area contributed by atoms with Crippen molar-refractivity contribution in [1.82, 2.24) is 9.13 Å². The van der Waals surface area contributed by atoms with Gasteiger partial charge < -0.3 is 9.13 Å². The summed E-state index contributed by atoms with van der Waals surface area (Å²) in [7, 11) is 0. The van der Waals surface area contributed by atoms with Gasteiger partial charge in [-0.2, -0.15) is 0 Å². The van der Waals surface area contributed by atoms with Crippen LogP contribution in [0.4, 0.5) is 0 Å². The molecule has 15 aromatic carbocycles. The van der Waals surface area contributed by atoms with Gasteiger partial charge in [0.2, 0.25) is 0 Å². The van der Waals surface area contributed by atoms with Gasteiger partial charge in [0.15, 0.2) is 0 Å². The molecule has 390 valence electrons. The van der Waals surface area contributed by atoms with Gasteiger partial charge in [-0.1, -0.05) is 255 Å². The molecule has 17 rings (SSSR count). The molecule has 0 aliphatic rings. The molecule has 0 N–H and O–H groups in total. The molecule has 0 unspecified atom stereocenters. The molecule has 0 fully saturated rings. The molecule has 0 bridgehead atoms. The van der Waals surface area contributed by atoms with Crippen molar-refractivity contribution in [1.29, 1.82) is 0 Å². The van der Waals surface area contributed by atoms with Gasteiger partial charge in [0.1, 0.15) is 0 Å². The fourth-order valence-corrected chi connectivity index (χ4v) is 13.8. The predicted octanol–water partition coefficient (Wildman–Crippen LogP) is 22.5. The zero-order valence-corrected chi connectivity index (χ0v) is 45.9. The van der Waals surface area contributed by atoms with Crippen LogP contribution in [0, 0.1) is 0 Å². The fourth-order valence-electron chi connectivity index (χ4n) is 13.8. The molecule has 0 saturated carbocycles. The van der Waals surface area contributed by atoms with Gasteiger partial charge in [0.25, 0.3) is 0 Å². The van der Waals surface area contributed by atoms with Crippen molar-refractivity contribution in [3.63, 3.8) is 0 Å². The Kier molecular flexibility index (Phi) is 11.0. The van der Waals surface area contributed by atoms with Gasteiger partial charge >= 0.3 is 0 Å². The summed E-state index contributed by atoms with van der Waals surface area (Å²) in [4.78, 5) is 0. The van der Waals surface area contributed by atoms with E-state index in [1.54, 1.807) is 0 Å². The van der Waals surface area contributed by atoms with E-state index in [1.165, 1.54) is 153 Å². The lowest BCUT2D eigenvalue weighted by Crippen LogP contribution is -1.95. The Hall–Kier alpha value is -11.1. The van der Waals surface area contributed by atoms with Gasteiger partial charge in [-0.25, -0.2) is 0 Å². The molecule has 2 aromatic heterocycles. The van der Waals surface area contributed by atoms with E-state index in [9.17, 15) is 0 Å². The third-order valence-electron chi connectivity index (χ3n) is 17.7. The first-order valence-corrected chi connectivity index (χ1v) is 29.1. The second-order valence-electron chi connectivity index (χ2n) is 22.3. The summed E-state index contributed by atoms with van der Waals surface area (Å²) in [6, 6.07) is 117. The zero-order chi connectivity index (χ0) is 55.2. The predicted molar refractivity (Wildman–Crippen MR) is 358 cm³/mol. The Balaban J connectivity index is 0.870. The molecule has 17 aromatic rings. The van der Waals surface area contributed by atoms with Crippen LogP contribution in [-0.4, -0.2) is 9.13 Å². The van der Waals surface area contributed by atoms with Crippen LogP contribution in [0.3, 0.4) is 0 Å².